The van der Waals surface area contributed by atoms with Crippen LogP contribution in [0, 0.1) is 0 Å². The minimum Gasteiger partial charge on any atom is -0.310 e. The molecule has 1 aromatic rings. The average molecular weight is 308 g/mol. The molecular weight excluding hydrogens is 284 g/mol. The zero-order valence-corrected chi connectivity index (χ0v) is 13.2. The van der Waals surface area contributed by atoms with Gasteiger partial charge in [0, 0.05) is 18.6 Å². The SMILES string of the molecule is O=S(=O)(Cc1cccc(CNC2CC2)c1)NC1CCCC1. The summed E-state index contributed by atoms with van der Waals surface area (Å²) in [6.07, 6.45) is 6.75. The van der Waals surface area contributed by atoms with E-state index >= 15 is 0 Å². The summed E-state index contributed by atoms with van der Waals surface area (Å²) in [5.41, 5.74) is 2.03. The smallest absolute Gasteiger partial charge is 0.216 e. The fourth-order valence-corrected chi connectivity index (χ4v) is 4.38. The van der Waals surface area contributed by atoms with Gasteiger partial charge < -0.3 is 5.32 Å². The van der Waals surface area contributed by atoms with E-state index in [9.17, 15) is 8.42 Å². The summed E-state index contributed by atoms with van der Waals surface area (Å²) in [4.78, 5) is 0. The zero-order chi connectivity index (χ0) is 14.7. The van der Waals surface area contributed by atoms with E-state index in [0.29, 0.717) is 6.04 Å². The van der Waals surface area contributed by atoms with Crippen molar-refractivity contribution in [1.29, 1.82) is 0 Å². The van der Waals surface area contributed by atoms with E-state index in [1.807, 2.05) is 18.2 Å². The van der Waals surface area contributed by atoms with Crippen LogP contribution in [0.3, 0.4) is 0 Å². The number of sulfonamides is 1. The molecule has 2 N–H and O–H groups in total. The van der Waals surface area contributed by atoms with Gasteiger partial charge in [0.1, 0.15) is 0 Å². The van der Waals surface area contributed by atoms with Crippen LogP contribution in [0.5, 0.6) is 0 Å². The second kappa shape index (κ2) is 6.46. The van der Waals surface area contributed by atoms with Crippen LogP contribution in [0.25, 0.3) is 0 Å². The molecule has 0 amide bonds. The topological polar surface area (TPSA) is 58.2 Å². The van der Waals surface area contributed by atoms with Crippen molar-refractivity contribution in [2.24, 2.45) is 0 Å². The Balaban J connectivity index is 1.58. The third-order valence-electron chi connectivity index (χ3n) is 4.22. The Morgan fingerprint density at radius 2 is 1.71 bits per heavy atom. The van der Waals surface area contributed by atoms with Crippen molar-refractivity contribution < 1.29 is 8.42 Å². The maximum Gasteiger partial charge on any atom is 0.216 e. The van der Waals surface area contributed by atoms with Crippen molar-refractivity contribution in [3.05, 3.63) is 35.4 Å². The molecule has 0 aromatic heterocycles. The van der Waals surface area contributed by atoms with Crippen LogP contribution in [-0.2, 0) is 22.3 Å². The van der Waals surface area contributed by atoms with E-state index < -0.39 is 10.0 Å². The maximum atomic E-state index is 12.2. The highest BCUT2D eigenvalue weighted by Gasteiger charge is 2.22. The molecule has 2 fully saturated rings. The van der Waals surface area contributed by atoms with E-state index in [0.717, 1.165) is 43.4 Å². The molecule has 0 spiro atoms. The molecule has 116 valence electrons. The summed E-state index contributed by atoms with van der Waals surface area (Å²) >= 11 is 0. The Bertz CT molecular complexity index is 576. The molecule has 2 saturated carbocycles. The van der Waals surface area contributed by atoms with Crippen molar-refractivity contribution in [2.45, 2.75) is 62.9 Å². The Morgan fingerprint density at radius 3 is 2.43 bits per heavy atom. The number of rotatable bonds is 7. The van der Waals surface area contributed by atoms with Crippen LogP contribution in [0.1, 0.15) is 49.7 Å². The quantitative estimate of drug-likeness (QED) is 0.812. The predicted octanol–water partition coefficient (Wildman–Crippen LogP) is 2.30. The number of benzene rings is 1. The maximum absolute atomic E-state index is 12.2. The van der Waals surface area contributed by atoms with Gasteiger partial charge in [-0.05, 0) is 36.8 Å². The highest BCUT2D eigenvalue weighted by atomic mass is 32.2. The average Bonchev–Trinajstić information content (AvgIpc) is 3.13. The fourth-order valence-electron chi connectivity index (χ4n) is 2.94. The molecule has 0 saturated heterocycles. The van der Waals surface area contributed by atoms with Gasteiger partial charge in [0.05, 0.1) is 5.75 Å². The standard InChI is InChI=1S/C16H24N2O2S/c19-21(20,18-16-6-1-2-7-16)12-14-5-3-4-13(10-14)11-17-15-8-9-15/h3-5,10,15-18H,1-2,6-9,11-12H2. The molecule has 0 atom stereocenters. The van der Waals surface area contributed by atoms with Gasteiger partial charge in [-0.15, -0.1) is 0 Å². The first-order valence-corrected chi connectivity index (χ1v) is 9.57. The van der Waals surface area contributed by atoms with Crippen LogP contribution in [0.4, 0.5) is 0 Å². The molecule has 0 heterocycles. The summed E-state index contributed by atoms with van der Waals surface area (Å²) in [6.45, 7) is 0.828. The van der Waals surface area contributed by atoms with Crippen molar-refractivity contribution >= 4 is 10.0 Å². The van der Waals surface area contributed by atoms with Gasteiger partial charge in [0.25, 0.3) is 0 Å². The van der Waals surface area contributed by atoms with Crippen LogP contribution >= 0.6 is 0 Å². The Labute approximate surface area is 127 Å². The Morgan fingerprint density at radius 1 is 1.00 bits per heavy atom. The summed E-state index contributed by atoms with van der Waals surface area (Å²) < 4.78 is 27.3. The molecule has 2 aliphatic rings. The molecule has 5 heteroatoms. The summed E-state index contributed by atoms with van der Waals surface area (Å²) in [6, 6.07) is 8.72. The van der Waals surface area contributed by atoms with Crippen molar-refractivity contribution in [1.82, 2.24) is 10.0 Å². The third kappa shape index (κ3) is 4.80. The minimum atomic E-state index is -3.22. The summed E-state index contributed by atoms with van der Waals surface area (Å²) in [5.74, 6) is 0.0841. The lowest BCUT2D eigenvalue weighted by Crippen LogP contribution is -2.33. The summed E-state index contributed by atoms with van der Waals surface area (Å²) in [7, 11) is -3.22. The van der Waals surface area contributed by atoms with Gasteiger partial charge in [-0.25, -0.2) is 13.1 Å². The molecule has 3 rings (SSSR count). The van der Waals surface area contributed by atoms with Gasteiger partial charge >= 0.3 is 0 Å². The van der Waals surface area contributed by atoms with Gasteiger partial charge in [0.15, 0.2) is 0 Å². The minimum absolute atomic E-state index is 0.0841. The van der Waals surface area contributed by atoms with Crippen LogP contribution in [-0.4, -0.2) is 20.5 Å². The normalized spacial score (nSPS) is 20.0. The van der Waals surface area contributed by atoms with E-state index in [1.54, 1.807) is 0 Å². The molecule has 0 bridgehead atoms. The highest BCUT2D eigenvalue weighted by Crippen LogP contribution is 2.20. The molecule has 2 aliphatic carbocycles. The lowest BCUT2D eigenvalue weighted by molar-refractivity contribution is 0.551. The van der Waals surface area contributed by atoms with E-state index in [2.05, 4.69) is 16.1 Å². The van der Waals surface area contributed by atoms with Crippen molar-refractivity contribution in [3.8, 4) is 0 Å². The second-order valence-electron chi connectivity index (χ2n) is 6.33. The molecule has 0 aliphatic heterocycles. The van der Waals surface area contributed by atoms with E-state index in [1.165, 1.54) is 12.8 Å². The molecule has 21 heavy (non-hydrogen) atoms. The molecular formula is C16H24N2O2S. The van der Waals surface area contributed by atoms with Gasteiger partial charge in [-0.3, -0.25) is 0 Å². The largest absolute Gasteiger partial charge is 0.310 e. The predicted molar refractivity (Wildman–Crippen MR) is 84.3 cm³/mol. The van der Waals surface area contributed by atoms with Crippen molar-refractivity contribution in [2.75, 3.05) is 0 Å². The van der Waals surface area contributed by atoms with E-state index in [-0.39, 0.29) is 11.8 Å². The highest BCUT2D eigenvalue weighted by molar-refractivity contribution is 7.88. The van der Waals surface area contributed by atoms with Gasteiger partial charge in [0.2, 0.25) is 10.0 Å². The molecule has 1 aromatic carbocycles. The van der Waals surface area contributed by atoms with Crippen LogP contribution in [0.2, 0.25) is 0 Å². The number of hydrogen-bond acceptors (Lipinski definition) is 3. The monoisotopic (exact) mass is 308 g/mol. The lowest BCUT2D eigenvalue weighted by atomic mass is 10.1. The first kappa shape index (κ1) is 15.0. The van der Waals surface area contributed by atoms with Crippen LogP contribution in [0.15, 0.2) is 24.3 Å². The zero-order valence-electron chi connectivity index (χ0n) is 12.3. The third-order valence-corrected chi connectivity index (χ3v) is 5.63. The fraction of sp³-hybridized carbons (Fsp3) is 0.625. The molecule has 4 nitrogen and oxygen atoms in total. The van der Waals surface area contributed by atoms with Crippen LogP contribution < -0.4 is 10.0 Å². The Hall–Kier alpha value is -0.910. The van der Waals surface area contributed by atoms with E-state index in [4.69, 9.17) is 0 Å². The van der Waals surface area contributed by atoms with Gasteiger partial charge in [-0.2, -0.15) is 0 Å². The lowest BCUT2D eigenvalue weighted by Gasteiger charge is -2.13. The van der Waals surface area contributed by atoms with Gasteiger partial charge in [-0.1, -0.05) is 37.1 Å². The molecule has 0 unspecified atom stereocenters. The number of hydrogen-bond donors (Lipinski definition) is 2. The first-order valence-electron chi connectivity index (χ1n) is 7.92. The first-order chi connectivity index (χ1) is 10.1. The number of nitrogens with one attached hydrogen (secondary N) is 2. The molecule has 0 radical (unpaired) electrons. The summed E-state index contributed by atoms with van der Waals surface area (Å²) in [5, 5.41) is 3.46. The Kier molecular flexibility index (Phi) is 4.62. The van der Waals surface area contributed by atoms with Crippen molar-refractivity contribution in [3.63, 3.8) is 0 Å². The second-order valence-corrected chi connectivity index (χ2v) is 8.09.